The van der Waals surface area contributed by atoms with Gasteiger partial charge in [-0.25, -0.2) is 0 Å². The molecule has 5 nitrogen and oxygen atoms in total. The second-order valence-electron chi connectivity index (χ2n) is 6.53. The Balaban J connectivity index is 1.29. The van der Waals surface area contributed by atoms with Crippen molar-refractivity contribution in [2.24, 2.45) is 0 Å². The third kappa shape index (κ3) is 3.01. The molecule has 1 aliphatic carbocycles. The number of carbonyl (C=O) groups excluding carboxylic acids is 1. The van der Waals surface area contributed by atoms with E-state index in [-0.39, 0.29) is 18.5 Å². The normalized spacial score (nSPS) is 12.6. The first-order valence-corrected chi connectivity index (χ1v) is 9.92. The highest BCUT2D eigenvalue weighted by molar-refractivity contribution is 7.13. The molecule has 28 heavy (non-hydrogen) atoms. The van der Waals surface area contributed by atoms with Crippen molar-refractivity contribution in [3.05, 3.63) is 83.1 Å². The zero-order valence-electron chi connectivity index (χ0n) is 14.9. The van der Waals surface area contributed by atoms with E-state index in [2.05, 4.69) is 22.3 Å². The third-order valence-corrected chi connectivity index (χ3v) is 5.64. The lowest BCUT2D eigenvalue weighted by molar-refractivity contribution is -0.147. The van der Waals surface area contributed by atoms with Gasteiger partial charge in [0.15, 0.2) is 6.10 Å². The van der Waals surface area contributed by atoms with Crippen LogP contribution in [-0.4, -0.2) is 16.1 Å². The molecule has 0 aliphatic heterocycles. The zero-order chi connectivity index (χ0) is 18.9. The van der Waals surface area contributed by atoms with Gasteiger partial charge < -0.3 is 9.26 Å². The second kappa shape index (κ2) is 7.05. The number of ether oxygens (including phenoxy) is 1. The highest BCUT2D eigenvalue weighted by Crippen LogP contribution is 2.45. The Morgan fingerprint density at radius 3 is 2.39 bits per heavy atom. The molecular weight excluding hydrogens is 372 g/mol. The van der Waals surface area contributed by atoms with E-state index in [0.717, 1.165) is 27.1 Å². The molecule has 138 valence electrons. The van der Waals surface area contributed by atoms with Crippen molar-refractivity contribution in [3.63, 3.8) is 0 Å². The van der Waals surface area contributed by atoms with E-state index in [0.29, 0.717) is 18.1 Å². The quantitative estimate of drug-likeness (QED) is 0.448. The van der Waals surface area contributed by atoms with Crippen LogP contribution in [0.4, 0.5) is 0 Å². The maximum Gasteiger partial charge on any atom is 0.307 e. The molecule has 0 radical (unpaired) electrons. The highest BCUT2D eigenvalue weighted by atomic mass is 32.1. The van der Waals surface area contributed by atoms with Crippen molar-refractivity contribution < 1.29 is 14.1 Å². The van der Waals surface area contributed by atoms with Crippen LogP contribution in [0, 0.1) is 0 Å². The Morgan fingerprint density at radius 1 is 1.00 bits per heavy atom. The largest absolute Gasteiger partial charge is 0.452 e. The Bertz CT molecular complexity index is 1090. The average Bonchev–Trinajstić information content (AvgIpc) is 3.47. The molecule has 5 rings (SSSR count). The molecule has 0 spiro atoms. The Hall–Kier alpha value is -3.25. The number of hydrogen-bond acceptors (Lipinski definition) is 6. The van der Waals surface area contributed by atoms with Crippen LogP contribution in [0.2, 0.25) is 0 Å². The van der Waals surface area contributed by atoms with Crippen LogP contribution in [0.3, 0.4) is 0 Å². The third-order valence-electron chi connectivity index (χ3n) is 4.78. The van der Waals surface area contributed by atoms with Gasteiger partial charge in [0.1, 0.15) is 0 Å². The van der Waals surface area contributed by atoms with E-state index in [4.69, 9.17) is 9.26 Å². The number of rotatable bonds is 5. The molecule has 0 saturated heterocycles. The van der Waals surface area contributed by atoms with Gasteiger partial charge in [0.2, 0.25) is 11.7 Å². The maximum absolute atomic E-state index is 12.5. The van der Waals surface area contributed by atoms with Crippen LogP contribution in [0.25, 0.3) is 21.8 Å². The van der Waals surface area contributed by atoms with Gasteiger partial charge in [0, 0.05) is 17.5 Å². The summed E-state index contributed by atoms with van der Waals surface area (Å²) in [6.45, 7) is 0. The minimum atomic E-state index is -0.371. The van der Waals surface area contributed by atoms with Gasteiger partial charge in [-0.05, 0) is 22.6 Å². The summed E-state index contributed by atoms with van der Waals surface area (Å²) in [5, 5.41) is 5.93. The lowest BCUT2D eigenvalue weighted by Crippen LogP contribution is -2.11. The maximum atomic E-state index is 12.5. The predicted molar refractivity (Wildman–Crippen MR) is 106 cm³/mol. The van der Waals surface area contributed by atoms with E-state index in [1.807, 2.05) is 53.9 Å². The minimum Gasteiger partial charge on any atom is -0.452 e. The summed E-state index contributed by atoms with van der Waals surface area (Å²) < 4.78 is 11.1. The van der Waals surface area contributed by atoms with Gasteiger partial charge >= 0.3 is 5.97 Å². The average molecular weight is 388 g/mol. The van der Waals surface area contributed by atoms with Crippen LogP contribution in [0.1, 0.15) is 29.5 Å². The number of thiophene rings is 1. The lowest BCUT2D eigenvalue weighted by atomic mass is 10.1. The topological polar surface area (TPSA) is 65.2 Å². The summed E-state index contributed by atoms with van der Waals surface area (Å²) >= 11 is 1.55. The van der Waals surface area contributed by atoms with E-state index in [1.54, 1.807) is 11.3 Å². The van der Waals surface area contributed by atoms with E-state index in [1.165, 1.54) is 0 Å². The number of hydrogen-bond donors (Lipinski definition) is 0. The molecule has 0 atom stereocenters. The van der Waals surface area contributed by atoms with Crippen molar-refractivity contribution in [2.45, 2.75) is 18.9 Å². The van der Waals surface area contributed by atoms with Gasteiger partial charge in [0.25, 0.3) is 0 Å². The monoisotopic (exact) mass is 388 g/mol. The first kappa shape index (κ1) is 16.9. The van der Waals surface area contributed by atoms with Crippen molar-refractivity contribution in [1.82, 2.24) is 10.1 Å². The highest BCUT2D eigenvalue weighted by Gasteiger charge is 2.30. The SMILES string of the molecule is O=C(CCc1nc(-c2cccs2)no1)OC1c2ccccc2-c2ccccc21. The van der Waals surface area contributed by atoms with Crippen molar-refractivity contribution in [3.8, 4) is 21.8 Å². The number of benzene rings is 2. The van der Waals surface area contributed by atoms with Gasteiger partial charge in [-0.3, -0.25) is 4.79 Å². The number of fused-ring (bicyclic) bond motifs is 3. The molecule has 0 fully saturated rings. The molecule has 0 saturated carbocycles. The van der Waals surface area contributed by atoms with Crippen LogP contribution in [-0.2, 0) is 16.0 Å². The molecule has 0 bridgehead atoms. The molecule has 4 aromatic rings. The fourth-order valence-electron chi connectivity index (χ4n) is 3.50. The lowest BCUT2D eigenvalue weighted by Gasteiger charge is -2.14. The molecular formula is C22H16N2O3S. The minimum absolute atomic E-state index is 0.187. The summed E-state index contributed by atoms with van der Waals surface area (Å²) in [4.78, 5) is 17.8. The number of nitrogens with zero attached hydrogens (tertiary/aromatic N) is 2. The molecule has 0 amide bonds. The second-order valence-corrected chi connectivity index (χ2v) is 7.48. The first-order chi connectivity index (χ1) is 13.8. The van der Waals surface area contributed by atoms with Crippen molar-refractivity contribution in [1.29, 1.82) is 0 Å². The fraction of sp³-hybridized carbons (Fsp3) is 0.136. The van der Waals surface area contributed by atoms with E-state index >= 15 is 0 Å². The first-order valence-electron chi connectivity index (χ1n) is 9.04. The van der Waals surface area contributed by atoms with Gasteiger partial charge in [-0.2, -0.15) is 4.98 Å². The van der Waals surface area contributed by atoms with Gasteiger partial charge in [-0.1, -0.05) is 59.8 Å². The van der Waals surface area contributed by atoms with Crippen LogP contribution in [0.15, 0.2) is 70.6 Å². The van der Waals surface area contributed by atoms with Crippen LogP contribution >= 0.6 is 11.3 Å². The van der Waals surface area contributed by atoms with Crippen LogP contribution < -0.4 is 0 Å². The molecule has 6 heteroatoms. The Kier molecular flexibility index (Phi) is 4.25. The Morgan fingerprint density at radius 2 is 1.71 bits per heavy atom. The molecule has 1 aliphatic rings. The van der Waals surface area contributed by atoms with E-state index < -0.39 is 0 Å². The number of aryl methyl sites for hydroxylation is 1. The van der Waals surface area contributed by atoms with Gasteiger partial charge in [0.05, 0.1) is 11.3 Å². The zero-order valence-corrected chi connectivity index (χ0v) is 15.7. The summed E-state index contributed by atoms with van der Waals surface area (Å²) in [5.74, 6) is 0.706. The molecule has 2 aromatic heterocycles. The molecule has 2 heterocycles. The molecule has 2 aromatic carbocycles. The van der Waals surface area contributed by atoms with Crippen LogP contribution in [0.5, 0.6) is 0 Å². The summed E-state index contributed by atoms with van der Waals surface area (Å²) in [6.07, 6.45) is 0.171. The predicted octanol–water partition coefficient (Wildman–Crippen LogP) is 5.04. The van der Waals surface area contributed by atoms with Crippen molar-refractivity contribution in [2.75, 3.05) is 0 Å². The smallest absolute Gasteiger partial charge is 0.307 e. The number of aromatic nitrogens is 2. The van der Waals surface area contributed by atoms with Crippen molar-refractivity contribution >= 4 is 17.3 Å². The van der Waals surface area contributed by atoms with E-state index in [9.17, 15) is 4.79 Å². The number of carbonyl (C=O) groups is 1. The van der Waals surface area contributed by atoms with Gasteiger partial charge in [-0.15, -0.1) is 11.3 Å². The number of esters is 1. The molecule has 0 unspecified atom stereocenters. The summed E-state index contributed by atoms with van der Waals surface area (Å²) in [7, 11) is 0. The fourth-order valence-corrected chi connectivity index (χ4v) is 4.15. The molecule has 0 N–H and O–H groups in total. The summed E-state index contributed by atoms with van der Waals surface area (Å²) in [6, 6.07) is 20.0. The standard InChI is InChI=1S/C22H16N2O3S/c25-20(12-11-19-23-22(24-27-19)18-10-5-13-28-18)26-21-16-8-3-1-6-14(16)15-7-2-4-9-17(15)21/h1-10,13,21H,11-12H2. The Labute approximate surface area is 165 Å². The summed E-state index contributed by atoms with van der Waals surface area (Å²) in [5.41, 5.74) is 4.28.